The van der Waals surface area contributed by atoms with Crippen molar-refractivity contribution in [3.05, 3.63) is 76.2 Å². The zero-order valence-electron chi connectivity index (χ0n) is 24.0. The summed E-state index contributed by atoms with van der Waals surface area (Å²) in [7, 11) is -2.11. The maximum atomic E-state index is 13.1. The van der Waals surface area contributed by atoms with Gasteiger partial charge in [-0.1, -0.05) is 42.5 Å². The summed E-state index contributed by atoms with van der Waals surface area (Å²) in [6, 6.07) is 13.2. The number of hydrogen-bond donors (Lipinski definition) is 2. The van der Waals surface area contributed by atoms with E-state index < -0.39 is 21.6 Å². The van der Waals surface area contributed by atoms with Gasteiger partial charge < -0.3 is 11.1 Å². The van der Waals surface area contributed by atoms with Crippen molar-refractivity contribution in [3.63, 3.8) is 0 Å². The van der Waals surface area contributed by atoms with Crippen molar-refractivity contribution in [1.29, 1.82) is 0 Å². The minimum Gasteiger partial charge on any atom is -0.351 e. The lowest BCUT2D eigenvalue weighted by Crippen LogP contribution is -2.50. The highest BCUT2D eigenvalue weighted by Gasteiger charge is 2.46. The van der Waals surface area contributed by atoms with Gasteiger partial charge in [-0.05, 0) is 86.4 Å². The van der Waals surface area contributed by atoms with Crippen molar-refractivity contribution >= 4 is 45.6 Å². The lowest BCUT2D eigenvalue weighted by Gasteiger charge is -2.34. The van der Waals surface area contributed by atoms with Crippen molar-refractivity contribution in [3.8, 4) is 0 Å². The fourth-order valence-corrected chi connectivity index (χ4v) is 6.44. The molecule has 2 aromatic rings. The van der Waals surface area contributed by atoms with Crippen LogP contribution in [0.2, 0.25) is 0 Å². The van der Waals surface area contributed by atoms with Gasteiger partial charge in [0, 0.05) is 37.7 Å². The van der Waals surface area contributed by atoms with Crippen LogP contribution in [0.3, 0.4) is 0 Å². The van der Waals surface area contributed by atoms with Crippen LogP contribution in [0.15, 0.2) is 58.9 Å². The number of piperidine rings is 1. The molecule has 1 fully saturated rings. The molecule has 0 saturated carbocycles. The summed E-state index contributed by atoms with van der Waals surface area (Å²) >= 11 is 0. The van der Waals surface area contributed by atoms with Crippen LogP contribution in [0, 0.1) is 13.8 Å². The van der Waals surface area contributed by atoms with E-state index in [0.717, 1.165) is 36.0 Å². The number of unbranched alkanes of at least 4 members (excludes halogenated alkanes) is 2. The number of benzene rings is 2. The topological polar surface area (TPSA) is 125 Å². The molecular formula is C31H39N5O4S. The number of urea groups is 1. The summed E-state index contributed by atoms with van der Waals surface area (Å²) in [5.41, 5.74) is 8.73. The number of nitrogens with one attached hydrogen (secondary N) is 1. The van der Waals surface area contributed by atoms with Gasteiger partial charge in [0.25, 0.3) is 5.91 Å². The molecule has 2 aliphatic heterocycles. The minimum atomic E-state index is -3.69. The number of aryl methyl sites for hydroxylation is 2. The fraction of sp³-hybridized carbons (Fsp3) is 0.387. The lowest BCUT2D eigenvalue weighted by atomic mass is 9.89. The minimum absolute atomic E-state index is 0.128. The molecule has 0 bridgehead atoms. The molecule has 41 heavy (non-hydrogen) atoms. The Balaban J connectivity index is 1.31. The average molecular weight is 578 g/mol. The highest BCUT2D eigenvalue weighted by Crippen LogP contribution is 2.32. The summed E-state index contributed by atoms with van der Waals surface area (Å²) in [6.07, 6.45) is 10.1. The van der Waals surface area contributed by atoms with E-state index in [2.05, 4.69) is 29.6 Å². The van der Waals surface area contributed by atoms with Crippen LogP contribution in [0.4, 0.5) is 10.5 Å². The number of anilines is 1. The molecule has 0 atom stereocenters. The molecule has 2 aliphatic rings. The van der Waals surface area contributed by atoms with E-state index in [1.54, 1.807) is 25.3 Å². The van der Waals surface area contributed by atoms with Gasteiger partial charge in [-0.25, -0.2) is 13.2 Å². The first-order chi connectivity index (χ1) is 19.5. The SMILES string of the molecule is Cc1cc(N(C)C(N)=O)cc(C)c1C=CS(=O)(=O)N1CCC2(CC1)N=C(CCCCC=Cc1ccccc1)NC2=O. The Morgan fingerprint density at radius 1 is 1.10 bits per heavy atom. The van der Waals surface area contributed by atoms with Crippen LogP contribution in [-0.2, 0) is 14.8 Å². The van der Waals surface area contributed by atoms with Crippen LogP contribution in [0.25, 0.3) is 12.2 Å². The predicted molar refractivity (Wildman–Crippen MR) is 165 cm³/mol. The van der Waals surface area contributed by atoms with Gasteiger partial charge in [-0.3, -0.25) is 14.7 Å². The zero-order chi connectivity index (χ0) is 29.6. The highest BCUT2D eigenvalue weighted by atomic mass is 32.2. The second kappa shape index (κ2) is 12.8. The molecule has 0 unspecified atom stereocenters. The third kappa shape index (κ3) is 7.31. The van der Waals surface area contributed by atoms with Gasteiger partial charge in [0.15, 0.2) is 0 Å². The number of carbonyl (C=O) groups is 2. The number of allylic oxidation sites excluding steroid dienone is 1. The van der Waals surface area contributed by atoms with Gasteiger partial charge in [0.1, 0.15) is 11.4 Å². The second-order valence-electron chi connectivity index (χ2n) is 10.7. The van der Waals surface area contributed by atoms with Crippen molar-refractivity contribution in [2.75, 3.05) is 25.0 Å². The van der Waals surface area contributed by atoms with E-state index in [1.165, 1.54) is 20.2 Å². The average Bonchev–Trinajstić information content (AvgIpc) is 3.24. The molecule has 4 rings (SSSR count). The first-order valence-corrected chi connectivity index (χ1v) is 15.5. The summed E-state index contributed by atoms with van der Waals surface area (Å²) in [6.45, 7) is 4.17. The molecule has 10 heteroatoms. The van der Waals surface area contributed by atoms with E-state index in [9.17, 15) is 18.0 Å². The monoisotopic (exact) mass is 577 g/mol. The first-order valence-electron chi connectivity index (χ1n) is 14.0. The molecule has 0 aromatic heterocycles. The summed E-state index contributed by atoms with van der Waals surface area (Å²) in [5, 5.41) is 4.16. The summed E-state index contributed by atoms with van der Waals surface area (Å²) in [5.74, 6) is 0.575. The standard InChI is InChI=1S/C31H39N5O4S/c1-23-21-26(35(3)30(32)38)22-24(2)27(23)15-20-41(39,40)36-18-16-31(17-19-36)29(37)33-28(34-31)14-10-5-4-7-11-25-12-8-6-9-13-25/h6-9,11-13,15,20-22H,4-5,10,14,16-19H2,1-3H3,(H2,32,38)(H,33,34,37). The number of nitrogens with zero attached hydrogens (tertiary/aromatic N) is 3. The number of nitrogens with two attached hydrogens (primary N) is 1. The number of primary amides is 1. The predicted octanol–water partition coefficient (Wildman–Crippen LogP) is 4.76. The highest BCUT2D eigenvalue weighted by molar-refractivity contribution is 7.92. The number of hydrogen-bond acceptors (Lipinski definition) is 5. The quantitative estimate of drug-likeness (QED) is 0.395. The van der Waals surface area contributed by atoms with Crippen LogP contribution < -0.4 is 16.0 Å². The number of aliphatic imine (C=N–C) groups is 1. The molecule has 1 saturated heterocycles. The van der Waals surface area contributed by atoms with E-state index in [4.69, 9.17) is 10.7 Å². The van der Waals surface area contributed by atoms with Gasteiger partial charge in [-0.15, -0.1) is 0 Å². The van der Waals surface area contributed by atoms with Gasteiger partial charge in [0.05, 0.1) is 0 Å². The molecule has 9 nitrogen and oxygen atoms in total. The molecule has 3 amide bonds. The molecule has 1 spiro atoms. The maximum Gasteiger partial charge on any atom is 0.318 e. The smallest absolute Gasteiger partial charge is 0.318 e. The number of sulfonamides is 1. The third-order valence-corrected chi connectivity index (χ3v) is 9.35. The van der Waals surface area contributed by atoms with E-state index in [1.807, 2.05) is 32.0 Å². The first kappa shape index (κ1) is 30.2. The fourth-order valence-electron chi connectivity index (χ4n) is 5.27. The van der Waals surface area contributed by atoms with Crippen molar-refractivity contribution < 1.29 is 18.0 Å². The Morgan fingerprint density at radius 3 is 2.39 bits per heavy atom. The van der Waals surface area contributed by atoms with Gasteiger partial charge in [-0.2, -0.15) is 4.31 Å². The number of amidine groups is 1. The number of rotatable bonds is 10. The second-order valence-corrected chi connectivity index (χ2v) is 12.6. The largest absolute Gasteiger partial charge is 0.351 e. The lowest BCUT2D eigenvalue weighted by molar-refractivity contribution is -0.124. The van der Waals surface area contributed by atoms with Gasteiger partial charge in [0.2, 0.25) is 10.0 Å². The van der Waals surface area contributed by atoms with Crippen molar-refractivity contribution in [1.82, 2.24) is 9.62 Å². The molecular weight excluding hydrogens is 538 g/mol. The van der Waals surface area contributed by atoms with E-state index >= 15 is 0 Å². The summed E-state index contributed by atoms with van der Waals surface area (Å²) in [4.78, 5) is 30.5. The van der Waals surface area contributed by atoms with Crippen LogP contribution >= 0.6 is 0 Å². The Hall–Kier alpha value is -3.76. The molecule has 2 heterocycles. The molecule has 0 radical (unpaired) electrons. The molecule has 2 aromatic carbocycles. The third-order valence-electron chi connectivity index (χ3n) is 7.79. The normalized spacial score (nSPS) is 17.3. The van der Waals surface area contributed by atoms with Crippen molar-refractivity contribution in [2.45, 2.75) is 57.9 Å². The maximum absolute atomic E-state index is 13.1. The molecule has 0 aliphatic carbocycles. The van der Waals surface area contributed by atoms with Crippen LogP contribution in [0.1, 0.15) is 60.8 Å². The van der Waals surface area contributed by atoms with Gasteiger partial charge >= 0.3 is 6.03 Å². The zero-order valence-corrected chi connectivity index (χ0v) is 24.8. The Labute approximate surface area is 242 Å². The Kier molecular flexibility index (Phi) is 9.45. The van der Waals surface area contributed by atoms with E-state index in [0.29, 0.717) is 30.8 Å². The number of carbonyl (C=O) groups excluding carboxylic acids is 2. The van der Waals surface area contributed by atoms with Crippen LogP contribution in [-0.4, -0.2) is 56.2 Å². The summed E-state index contributed by atoms with van der Waals surface area (Å²) < 4.78 is 27.7. The van der Waals surface area contributed by atoms with E-state index in [-0.39, 0.29) is 19.0 Å². The Morgan fingerprint density at radius 2 is 1.76 bits per heavy atom. The molecule has 3 N–H and O–H groups in total. The number of amides is 3. The Bertz CT molecular complexity index is 1450. The van der Waals surface area contributed by atoms with Crippen molar-refractivity contribution in [2.24, 2.45) is 10.7 Å². The van der Waals surface area contributed by atoms with Crippen LogP contribution in [0.5, 0.6) is 0 Å². The molecule has 218 valence electrons.